The Hall–Kier alpha value is -2.74. The van der Waals surface area contributed by atoms with E-state index < -0.39 is 6.04 Å². The topological polar surface area (TPSA) is 79.9 Å². The van der Waals surface area contributed by atoms with Crippen molar-refractivity contribution in [1.82, 2.24) is 15.5 Å². The number of amides is 2. The highest BCUT2D eigenvalue weighted by molar-refractivity contribution is 5.97. The molecule has 2 N–H and O–H groups in total. The lowest BCUT2D eigenvalue weighted by atomic mass is 9.96. The fourth-order valence-corrected chi connectivity index (χ4v) is 4.58. The van der Waals surface area contributed by atoms with E-state index >= 15 is 0 Å². The maximum atomic E-state index is 13.3. The SMILES string of the molecule is O=C(NC(Cc1ccccc1)C(=O)NCC(C1CCOC1)N1CCOCC1)c1ccccc1. The van der Waals surface area contributed by atoms with Crippen molar-refractivity contribution in [2.75, 3.05) is 46.1 Å². The molecule has 2 heterocycles. The summed E-state index contributed by atoms with van der Waals surface area (Å²) in [5.74, 6) is -0.0317. The van der Waals surface area contributed by atoms with Crippen LogP contribution in [0, 0.1) is 5.92 Å². The molecule has 2 amide bonds. The predicted octanol–water partition coefficient (Wildman–Crippen LogP) is 1.88. The summed E-state index contributed by atoms with van der Waals surface area (Å²) in [5.41, 5.74) is 1.54. The molecule has 0 bridgehead atoms. The minimum atomic E-state index is -0.662. The molecule has 33 heavy (non-hydrogen) atoms. The summed E-state index contributed by atoms with van der Waals surface area (Å²) < 4.78 is 11.2. The smallest absolute Gasteiger partial charge is 0.251 e. The van der Waals surface area contributed by atoms with E-state index in [1.165, 1.54) is 0 Å². The number of hydrogen-bond donors (Lipinski definition) is 2. The predicted molar refractivity (Wildman–Crippen MR) is 126 cm³/mol. The van der Waals surface area contributed by atoms with Gasteiger partial charge in [-0.3, -0.25) is 14.5 Å². The van der Waals surface area contributed by atoms with E-state index in [1.807, 2.05) is 48.5 Å². The molecule has 2 aromatic rings. The van der Waals surface area contributed by atoms with Gasteiger partial charge in [-0.1, -0.05) is 48.5 Å². The first kappa shape index (κ1) is 23.4. The molecule has 2 fully saturated rings. The standard InChI is InChI=1S/C26H33N3O4/c30-25(21-9-5-2-6-10-21)28-23(17-20-7-3-1-4-8-20)26(31)27-18-24(22-11-14-33-19-22)29-12-15-32-16-13-29/h1-10,22-24H,11-19H2,(H,27,31)(H,28,30). The largest absolute Gasteiger partial charge is 0.381 e. The van der Waals surface area contributed by atoms with Crippen LogP contribution < -0.4 is 10.6 Å². The molecule has 3 unspecified atom stereocenters. The maximum Gasteiger partial charge on any atom is 0.251 e. The van der Waals surface area contributed by atoms with Gasteiger partial charge in [0.15, 0.2) is 0 Å². The van der Waals surface area contributed by atoms with Crippen LogP contribution in [0.2, 0.25) is 0 Å². The second-order valence-corrected chi connectivity index (χ2v) is 8.67. The lowest BCUT2D eigenvalue weighted by Crippen LogP contribution is -2.55. The number of ether oxygens (including phenoxy) is 2. The summed E-state index contributed by atoms with van der Waals surface area (Å²) in [4.78, 5) is 28.5. The van der Waals surface area contributed by atoms with E-state index in [0.29, 0.717) is 37.7 Å². The van der Waals surface area contributed by atoms with Gasteiger partial charge < -0.3 is 20.1 Å². The van der Waals surface area contributed by atoms with E-state index in [2.05, 4.69) is 15.5 Å². The fourth-order valence-electron chi connectivity index (χ4n) is 4.58. The highest BCUT2D eigenvalue weighted by atomic mass is 16.5. The molecule has 0 spiro atoms. The number of carbonyl (C=O) groups is 2. The number of morpholine rings is 1. The van der Waals surface area contributed by atoms with E-state index in [9.17, 15) is 9.59 Å². The van der Waals surface area contributed by atoms with Crippen LogP contribution in [0.3, 0.4) is 0 Å². The van der Waals surface area contributed by atoms with E-state index in [0.717, 1.165) is 38.3 Å². The number of nitrogens with one attached hydrogen (secondary N) is 2. The van der Waals surface area contributed by atoms with Crippen LogP contribution in [0.5, 0.6) is 0 Å². The molecule has 7 nitrogen and oxygen atoms in total. The average Bonchev–Trinajstić information content (AvgIpc) is 3.40. The Bertz CT molecular complexity index is 881. The number of benzene rings is 2. The van der Waals surface area contributed by atoms with Gasteiger partial charge in [0.05, 0.1) is 19.8 Å². The second-order valence-electron chi connectivity index (χ2n) is 8.67. The quantitative estimate of drug-likeness (QED) is 0.609. The lowest BCUT2D eigenvalue weighted by molar-refractivity contribution is -0.123. The van der Waals surface area contributed by atoms with Crippen molar-refractivity contribution < 1.29 is 19.1 Å². The summed E-state index contributed by atoms with van der Waals surface area (Å²) in [6.45, 7) is 5.15. The molecule has 0 radical (unpaired) electrons. The second kappa shape index (κ2) is 11.9. The highest BCUT2D eigenvalue weighted by Gasteiger charge is 2.32. The minimum absolute atomic E-state index is 0.166. The first-order valence-corrected chi connectivity index (χ1v) is 11.8. The molecule has 3 atom stereocenters. The number of hydrogen-bond acceptors (Lipinski definition) is 5. The molecular weight excluding hydrogens is 418 g/mol. The molecule has 0 saturated carbocycles. The average molecular weight is 452 g/mol. The van der Waals surface area contributed by atoms with Crippen LogP contribution >= 0.6 is 0 Å². The van der Waals surface area contributed by atoms with Crippen LogP contribution in [0.1, 0.15) is 22.3 Å². The molecule has 0 aliphatic carbocycles. The van der Waals surface area contributed by atoms with Crippen LogP contribution in [0.15, 0.2) is 60.7 Å². The third kappa shape index (κ3) is 6.63. The molecule has 176 valence electrons. The van der Waals surface area contributed by atoms with Crippen LogP contribution in [0.25, 0.3) is 0 Å². The zero-order valence-corrected chi connectivity index (χ0v) is 18.9. The molecule has 7 heteroatoms. The number of carbonyl (C=O) groups excluding carboxylic acids is 2. The Morgan fingerprint density at radius 2 is 1.64 bits per heavy atom. The Morgan fingerprint density at radius 1 is 0.939 bits per heavy atom. The molecule has 2 aliphatic heterocycles. The summed E-state index contributed by atoms with van der Waals surface area (Å²) in [7, 11) is 0. The summed E-state index contributed by atoms with van der Waals surface area (Å²) in [5, 5.41) is 6.09. The van der Waals surface area contributed by atoms with Gasteiger partial charge >= 0.3 is 0 Å². The molecular formula is C26H33N3O4. The Balaban J connectivity index is 1.44. The van der Waals surface area contributed by atoms with Gasteiger partial charge in [0.1, 0.15) is 6.04 Å². The normalized spacial score (nSPS) is 20.7. The van der Waals surface area contributed by atoms with Gasteiger partial charge in [0.2, 0.25) is 5.91 Å². The highest BCUT2D eigenvalue weighted by Crippen LogP contribution is 2.22. The summed E-state index contributed by atoms with van der Waals surface area (Å²) >= 11 is 0. The molecule has 2 aliphatic rings. The number of rotatable bonds is 9. The Morgan fingerprint density at radius 3 is 2.30 bits per heavy atom. The van der Waals surface area contributed by atoms with E-state index in [1.54, 1.807) is 12.1 Å². The molecule has 2 saturated heterocycles. The summed E-state index contributed by atoms with van der Waals surface area (Å²) in [6.07, 6.45) is 1.43. The monoisotopic (exact) mass is 451 g/mol. The van der Waals surface area contributed by atoms with E-state index in [-0.39, 0.29) is 17.9 Å². The van der Waals surface area contributed by atoms with E-state index in [4.69, 9.17) is 9.47 Å². The van der Waals surface area contributed by atoms with Gasteiger partial charge in [-0.05, 0) is 24.1 Å². The minimum Gasteiger partial charge on any atom is -0.381 e. The zero-order valence-electron chi connectivity index (χ0n) is 18.9. The van der Waals surface area contributed by atoms with Gasteiger partial charge in [-0.2, -0.15) is 0 Å². The van der Waals surface area contributed by atoms with Gasteiger partial charge in [0, 0.05) is 50.2 Å². The first-order valence-electron chi connectivity index (χ1n) is 11.8. The van der Waals surface area contributed by atoms with Crippen molar-refractivity contribution in [1.29, 1.82) is 0 Å². The van der Waals surface area contributed by atoms with Gasteiger partial charge in [-0.15, -0.1) is 0 Å². The van der Waals surface area contributed by atoms with Gasteiger partial charge in [-0.25, -0.2) is 0 Å². The van der Waals surface area contributed by atoms with Crippen molar-refractivity contribution in [3.8, 4) is 0 Å². The van der Waals surface area contributed by atoms with Crippen molar-refractivity contribution >= 4 is 11.8 Å². The third-order valence-electron chi connectivity index (χ3n) is 6.45. The van der Waals surface area contributed by atoms with Crippen molar-refractivity contribution in [2.24, 2.45) is 5.92 Å². The van der Waals surface area contributed by atoms with Crippen molar-refractivity contribution in [2.45, 2.75) is 24.9 Å². The van der Waals surface area contributed by atoms with Crippen LogP contribution in [-0.4, -0.2) is 74.9 Å². The Labute approximate surface area is 195 Å². The zero-order chi connectivity index (χ0) is 22.9. The van der Waals surface area contributed by atoms with Crippen molar-refractivity contribution in [3.63, 3.8) is 0 Å². The third-order valence-corrected chi connectivity index (χ3v) is 6.45. The van der Waals surface area contributed by atoms with Crippen LogP contribution in [-0.2, 0) is 20.7 Å². The Kier molecular flexibility index (Phi) is 8.47. The first-order chi connectivity index (χ1) is 16.2. The molecule has 4 rings (SSSR count). The van der Waals surface area contributed by atoms with Crippen molar-refractivity contribution in [3.05, 3.63) is 71.8 Å². The lowest BCUT2D eigenvalue weighted by Gasteiger charge is -2.37. The van der Waals surface area contributed by atoms with Gasteiger partial charge in [0.25, 0.3) is 5.91 Å². The summed E-state index contributed by atoms with van der Waals surface area (Å²) in [6, 6.07) is 18.3. The maximum absolute atomic E-state index is 13.3. The number of nitrogens with zero attached hydrogens (tertiary/aromatic N) is 1. The fraction of sp³-hybridized carbons (Fsp3) is 0.462. The van der Waals surface area contributed by atoms with Crippen LogP contribution in [0.4, 0.5) is 0 Å². The molecule has 2 aromatic carbocycles. The molecule has 0 aromatic heterocycles.